The number of halogens is 1. The Hall–Kier alpha value is -1.07. The van der Waals surface area contributed by atoms with E-state index in [9.17, 15) is 4.79 Å². The van der Waals surface area contributed by atoms with Gasteiger partial charge in [-0.05, 0) is 48.0 Å². The van der Waals surface area contributed by atoms with Gasteiger partial charge in [0.1, 0.15) is 0 Å². The predicted octanol–water partition coefficient (Wildman–Crippen LogP) is 2.19. The van der Waals surface area contributed by atoms with Crippen molar-refractivity contribution in [1.29, 1.82) is 0 Å². The molecule has 0 heterocycles. The van der Waals surface area contributed by atoms with Gasteiger partial charge in [0.25, 0.3) is 5.91 Å². The van der Waals surface area contributed by atoms with Crippen LogP contribution in [-0.2, 0) is 4.74 Å². The molecule has 0 radical (unpaired) electrons. The zero-order valence-corrected chi connectivity index (χ0v) is 11.8. The van der Waals surface area contributed by atoms with Crippen LogP contribution in [0.3, 0.4) is 0 Å². The minimum absolute atomic E-state index is 0.146. The summed E-state index contributed by atoms with van der Waals surface area (Å²) >= 11 is 3.30. The Morgan fingerprint density at radius 2 is 2.18 bits per heavy atom. The van der Waals surface area contributed by atoms with Crippen LogP contribution in [0.5, 0.6) is 0 Å². The second-order valence-electron chi connectivity index (χ2n) is 4.51. The van der Waals surface area contributed by atoms with Gasteiger partial charge in [-0.3, -0.25) is 4.79 Å². The molecule has 1 amide bonds. The average Bonchev–Trinajstić information content (AvgIpc) is 2.21. The first-order valence-electron chi connectivity index (χ1n) is 5.22. The third kappa shape index (κ3) is 4.02. The first-order valence-corrected chi connectivity index (χ1v) is 6.01. The van der Waals surface area contributed by atoms with Gasteiger partial charge in [0.2, 0.25) is 0 Å². The van der Waals surface area contributed by atoms with E-state index >= 15 is 0 Å². The molecule has 0 aliphatic rings. The highest BCUT2D eigenvalue weighted by Crippen LogP contribution is 2.20. The lowest BCUT2D eigenvalue weighted by atomic mass is 10.1. The van der Waals surface area contributed by atoms with Gasteiger partial charge >= 0.3 is 0 Å². The van der Waals surface area contributed by atoms with Gasteiger partial charge in [0, 0.05) is 22.8 Å². The number of benzene rings is 1. The van der Waals surface area contributed by atoms with E-state index in [-0.39, 0.29) is 5.91 Å². The zero-order chi connectivity index (χ0) is 13.1. The molecule has 3 N–H and O–H groups in total. The highest BCUT2D eigenvalue weighted by Gasteiger charge is 2.21. The molecule has 1 rings (SSSR count). The number of carbonyl (C=O) groups is 1. The second kappa shape index (κ2) is 5.51. The molecule has 0 atom stereocenters. The topological polar surface area (TPSA) is 64.3 Å². The van der Waals surface area contributed by atoms with Gasteiger partial charge in [-0.25, -0.2) is 0 Å². The summed E-state index contributed by atoms with van der Waals surface area (Å²) in [5.41, 5.74) is 6.44. The van der Waals surface area contributed by atoms with Gasteiger partial charge < -0.3 is 15.8 Å². The maximum atomic E-state index is 12.0. The summed E-state index contributed by atoms with van der Waals surface area (Å²) in [6, 6.07) is 5.09. The van der Waals surface area contributed by atoms with Gasteiger partial charge in [0.15, 0.2) is 0 Å². The van der Waals surface area contributed by atoms with E-state index in [1.54, 1.807) is 25.3 Å². The fourth-order valence-electron chi connectivity index (χ4n) is 1.44. The summed E-state index contributed by atoms with van der Waals surface area (Å²) < 4.78 is 5.76. The lowest BCUT2D eigenvalue weighted by Crippen LogP contribution is -2.46. The van der Waals surface area contributed by atoms with Crippen molar-refractivity contribution in [2.45, 2.75) is 19.4 Å². The fourth-order valence-corrected chi connectivity index (χ4v) is 1.82. The molecule has 0 spiro atoms. The number of methoxy groups -OCH3 is 1. The Morgan fingerprint density at radius 1 is 1.53 bits per heavy atom. The second-order valence-corrected chi connectivity index (χ2v) is 5.36. The van der Waals surface area contributed by atoms with Crippen molar-refractivity contribution in [3.8, 4) is 0 Å². The number of nitrogen functional groups attached to an aromatic ring is 1. The molecule has 0 fully saturated rings. The average molecular weight is 301 g/mol. The zero-order valence-electron chi connectivity index (χ0n) is 10.2. The summed E-state index contributed by atoms with van der Waals surface area (Å²) in [7, 11) is 1.60. The molecule has 0 aliphatic carbocycles. The molecule has 1 aromatic carbocycles. The molecule has 0 aliphatic heterocycles. The Labute approximate surface area is 110 Å². The van der Waals surface area contributed by atoms with Gasteiger partial charge in [0.05, 0.1) is 12.1 Å². The molecular weight excluding hydrogens is 284 g/mol. The number of rotatable bonds is 4. The fraction of sp³-hybridized carbons (Fsp3) is 0.417. The van der Waals surface area contributed by atoms with Gasteiger partial charge in [-0.2, -0.15) is 0 Å². The number of ether oxygens (including phenoxy) is 1. The molecule has 4 nitrogen and oxygen atoms in total. The molecule has 5 heteroatoms. The summed E-state index contributed by atoms with van der Waals surface area (Å²) in [6.45, 7) is 4.26. The van der Waals surface area contributed by atoms with Crippen molar-refractivity contribution < 1.29 is 9.53 Å². The normalized spacial score (nSPS) is 11.3. The maximum absolute atomic E-state index is 12.0. The van der Waals surface area contributed by atoms with Crippen LogP contribution in [0.15, 0.2) is 22.7 Å². The summed E-state index contributed by atoms with van der Waals surface area (Å²) in [5.74, 6) is -0.146. The molecule has 1 aromatic rings. The molecule has 94 valence electrons. The number of nitrogens with one attached hydrogen (secondary N) is 1. The SMILES string of the molecule is COCC(C)(C)NC(=O)c1ccc(N)c(Br)c1. The van der Waals surface area contributed by atoms with Crippen molar-refractivity contribution in [3.05, 3.63) is 28.2 Å². The molecule has 17 heavy (non-hydrogen) atoms. The highest BCUT2D eigenvalue weighted by molar-refractivity contribution is 9.10. The molecule has 0 bridgehead atoms. The summed E-state index contributed by atoms with van der Waals surface area (Å²) in [6.07, 6.45) is 0. The Balaban J connectivity index is 2.80. The van der Waals surface area contributed by atoms with Crippen LogP contribution >= 0.6 is 15.9 Å². The number of amides is 1. The van der Waals surface area contributed by atoms with Crippen molar-refractivity contribution in [3.63, 3.8) is 0 Å². The lowest BCUT2D eigenvalue weighted by Gasteiger charge is -2.25. The molecule has 0 unspecified atom stereocenters. The largest absolute Gasteiger partial charge is 0.398 e. The van der Waals surface area contributed by atoms with Gasteiger partial charge in [-0.15, -0.1) is 0 Å². The molecule has 0 saturated carbocycles. The van der Waals surface area contributed by atoms with Crippen LogP contribution in [0.1, 0.15) is 24.2 Å². The van der Waals surface area contributed by atoms with E-state index in [1.165, 1.54) is 0 Å². The van der Waals surface area contributed by atoms with E-state index in [4.69, 9.17) is 10.5 Å². The van der Waals surface area contributed by atoms with E-state index in [1.807, 2.05) is 13.8 Å². The van der Waals surface area contributed by atoms with Crippen molar-refractivity contribution in [2.24, 2.45) is 0 Å². The van der Waals surface area contributed by atoms with E-state index < -0.39 is 5.54 Å². The number of hydrogen-bond acceptors (Lipinski definition) is 3. The number of anilines is 1. The van der Waals surface area contributed by atoms with Crippen LogP contribution in [0.25, 0.3) is 0 Å². The smallest absolute Gasteiger partial charge is 0.251 e. The van der Waals surface area contributed by atoms with Crippen LogP contribution < -0.4 is 11.1 Å². The number of carbonyl (C=O) groups excluding carboxylic acids is 1. The van der Waals surface area contributed by atoms with E-state index in [0.29, 0.717) is 17.9 Å². The quantitative estimate of drug-likeness (QED) is 0.838. The Kier molecular flexibility index (Phi) is 4.54. The predicted molar refractivity (Wildman–Crippen MR) is 72.0 cm³/mol. The third-order valence-corrected chi connectivity index (χ3v) is 2.91. The lowest BCUT2D eigenvalue weighted by molar-refractivity contribution is 0.0820. The molecule has 0 saturated heterocycles. The first kappa shape index (κ1) is 14.0. The molecular formula is C12H17BrN2O2. The third-order valence-electron chi connectivity index (χ3n) is 2.22. The summed E-state index contributed by atoms with van der Waals surface area (Å²) in [5, 5.41) is 2.89. The van der Waals surface area contributed by atoms with Crippen LogP contribution in [-0.4, -0.2) is 25.2 Å². The molecule has 0 aromatic heterocycles. The first-order chi connectivity index (χ1) is 7.85. The van der Waals surface area contributed by atoms with Crippen molar-refractivity contribution in [2.75, 3.05) is 19.5 Å². The van der Waals surface area contributed by atoms with Crippen molar-refractivity contribution >= 4 is 27.5 Å². The number of nitrogens with two attached hydrogens (primary N) is 1. The standard InChI is InChI=1S/C12H17BrN2O2/c1-12(2,7-17-3)15-11(16)8-4-5-10(14)9(13)6-8/h4-6H,7,14H2,1-3H3,(H,15,16). The monoisotopic (exact) mass is 300 g/mol. The van der Waals surface area contributed by atoms with E-state index in [0.717, 1.165) is 4.47 Å². The maximum Gasteiger partial charge on any atom is 0.251 e. The van der Waals surface area contributed by atoms with E-state index in [2.05, 4.69) is 21.2 Å². The van der Waals surface area contributed by atoms with Crippen LogP contribution in [0.2, 0.25) is 0 Å². The minimum atomic E-state index is -0.403. The van der Waals surface area contributed by atoms with Crippen LogP contribution in [0, 0.1) is 0 Å². The minimum Gasteiger partial charge on any atom is -0.398 e. The van der Waals surface area contributed by atoms with Crippen molar-refractivity contribution in [1.82, 2.24) is 5.32 Å². The number of hydrogen-bond donors (Lipinski definition) is 2. The van der Waals surface area contributed by atoms with Gasteiger partial charge in [-0.1, -0.05) is 0 Å². The van der Waals surface area contributed by atoms with Crippen LogP contribution in [0.4, 0.5) is 5.69 Å². The summed E-state index contributed by atoms with van der Waals surface area (Å²) in [4.78, 5) is 12.0. The highest BCUT2D eigenvalue weighted by atomic mass is 79.9. The Morgan fingerprint density at radius 3 is 2.71 bits per heavy atom. The Bertz CT molecular complexity index is 419.